The number of hydrogen-bond acceptors (Lipinski definition) is 4. The van der Waals surface area contributed by atoms with Crippen molar-refractivity contribution in [3.63, 3.8) is 0 Å². The lowest BCUT2D eigenvalue weighted by molar-refractivity contribution is -0.383. The summed E-state index contributed by atoms with van der Waals surface area (Å²) in [4.78, 5) is 26.1. The second-order valence-electron chi connectivity index (χ2n) is 4.78. The van der Waals surface area contributed by atoms with Gasteiger partial charge >= 0.3 is 0 Å². The third-order valence-corrected chi connectivity index (χ3v) is 3.23. The minimum atomic E-state index is -0.920. The molecule has 0 atom stereocenters. The number of aromatic nitrogens is 1. The van der Waals surface area contributed by atoms with Gasteiger partial charge in [0, 0.05) is 17.6 Å². The molecule has 1 heterocycles. The molecule has 1 aromatic carbocycles. The molecule has 98 valence electrons. The number of carbonyl (C=O) groups is 1. The molecule has 0 fully saturated rings. The second-order valence-corrected chi connectivity index (χ2v) is 4.78. The molecule has 0 aliphatic carbocycles. The summed E-state index contributed by atoms with van der Waals surface area (Å²) in [5, 5.41) is 11.6. The van der Waals surface area contributed by atoms with Crippen molar-refractivity contribution in [3.05, 3.63) is 46.1 Å². The third-order valence-electron chi connectivity index (χ3n) is 3.23. The predicted octanol–water partition coefficient (Wildman–Crippen LogP) is 1.91. The molecule has 6 heteroatoms. The number of non-ortho nitro benzene ring substituents is 1. The molecule has 0 aliphatic rings. The molecule has 2 N–H and O–H groups in total. The summed E-state index contributed by atoms with van der Waals surface area (Å²) in [6, 6.07) is 6.30. The first-order valence-electron chi connectivity index (χ1n) is 5.68. The molecule has 2 rings (SSSR count). The number of amides is 1. The number of nitrogens with two attached hydrogens (primary N) is 1. The van der Waals surface area contributed by atoms with E-state index in [1.165, 1.54) is 12.3 Å². The average molecular weight is 259 g/mol. The Bertz CT molecular complexity index is 680. The Hall–Kier alpha value is -2.50. The number of nitro groups is 1. The third kappa shape index (κ3) is 2.01. The van der Waals surface area contributed by atoms with Crippen molar-refractivity contribution < 1.29 is 9.72 Å². The summed E-state index contributed by atoms with van der Waals surface area (Å²) in [5.41, 5.74) is 5.29. The Morgan fingerprint density at radius 2 is 2.05 bits per heavy atom. The fourth-order valence-electron chi connectivity index (χ4n) is 1.98. The summed E-state index contributed by atoms with van der Waals surface area (Å²) in [6.07, 6.45) is 1.48. The van der Waals surface area contributed by atoms with E-state index in [1.807, 2.05) is 0 Å². The molecule has 6 nitrogen and oxygen atoms in total. The monoisotopic (exact) mass is 259 g/mol. The van der Waals surface area contributed by atoms with Gasteiger partial charge in [0.05, 0.1) is 10.3 Å². The van der Waals surface area contributed by atoms with E-state index >= 15 is 0 Å². The highest BCUT2D eigenvalue weighted by Gasteiger charge is 2.30. The van der Waals surface area contributed by atoms with Crippen molar-refractivity contribution >= 4 is 22.5 Å². The van der Waals surface area contributed by atoms with Crippen LogP contribution in [0, 0.1) is 10.1 Å². The zero-order valence-corrected chi connectivity index (χ0v) is 10.6. The average Bonchev–Trinajstić information content (AvgIpc) is 2.36. The standard InChI is InChI=1S/C13H13N3O3/c1-13(2,12(14)17)9-5-6-10(16(18)19)11-8(9)4-3-7-15-11/h3-7H,1-2H3,(H2,14,17). The molecule has 0 unspecified atom stereocenters. The van der Waals surface area contributed by atoms with Gasteiger partial charge in [-0.1, -0.05) is 12.1 Å². The lowest BCUT2D eigenvalue weighted by atomic mass is 9.81. The van der Waals surface area contributed by atoms with E-state index in [2.05, 4.69) is 4.98 Å². The number of rotatable bonds is 3. The number of pyridine rings is 1. The van der Waals surface area contributed by atoms with E-state index in [4.69, 9.17) is 5.73 Å². The van der Waals surface area contributed by atoms with Gasteiger partial charge < -0.3 is 5.73 Å². The molecule has 19 heavy (non-hydrogen) atoms. The summed E-state index contributed by atoms with van der Waals surface area (Å²) in [6.45, 7) is 3.37. The Morgan fingerprint density at radius 3 is 2.63 bits per heavy atom. The van der Waals surface area contributed by atoms with Crippen LogP contribution in [0.1, 0.15) is 19.4 Å². The second kappa shape index (κ2) is 4.31. The first-order chi connectivity index (χ1) is 8.85. The molecule has 2 aromatic rings. The van der Waals surface area contributed by atoms with Gasteiger partial charge in [0.2, 0.25) is 5.91 Å². The molecule has 1 amide bonds. The van der Waals surface area contributed by atoms with Crippen molar-refractivity contribution in [1.29, 1.82) is 0 Å². The maximum Gasteiger partial charge on any atom is 0.295 e. The van der Waals surface area contributed by atoms with Crippen molar-refractivity contribution in [3.8, 4) is 0 Å². The van der Waals surface area contributed by atoms with E-state index in [0.717, 1.165) is 0 Å². The van der Waals surface area contributed by atoms with Crippen LogP contribution in [0.4, 0.5) is 5.69 Å². The molecule has 0 saturated heterocycles. The summed E-state index contributed by atoms with van der Waals surface area (Å²) in [5.74, 6) is -0.494. The molecular formula is C13H13N3O3. The van der Waals surface area contributed by atoms with Crippen LogP contribution in [0.5, 0.6) is 0 Å². The number of nitro benzene ring substituents is 1. The normalized spacial score (nSPS) is 11.5. The smallest absolute Gasteiger partial charge is 0.295 e. The highest BCUT2D eigenvalue weighted by Crippen LogP contribution is 2.33. The Labute approximate surface area is 109 Å². The van der Waals surface area contributed by atoms with Crippen LogP contribution >= 0.6 is 0 Å². The van der Waals surface area contributed by atoms with Crippen LogP contribution < -0.4 is 5.73 Å². The SMILES string of the molecule is CC(C)(C(N)=O)c1ccc([N+](=O)[O-])c2ncccc12. The minimum Gasteiger partial charge on any atom is -0.369 e. The zero-order valence-electron chi connectivity index (χ0n) is 10.6. The lowest BCUT2D eigenvalue weighted by Gasteiger charge is -2.22. The van der Waals surface area contributed by atoms with E-state index in [0.29, 0.717) is 10.9 Å². The van der Waals surface area contributed by atoms with Gasteiger partial charge in [0.1, 0.15) is 5.52 Å². The van der Waals surface area contributed by atoms with Crippen LogP contribution in [0.15, 0.2) is 30.5 Å². The quantitative estimate of drug-likeness (QED) is 0.672. The van der Waals surface area contributed by atoms with Crippen LogP contribution in [-0.2, 0) is 10.2 Å². The van der Waals surface area contributed by atoms with Crippen LogP contribution in [0.3, 0.4) is 0 Å². The number of benzene rings is 1. The first kappa shape index (κ1) is 12.9. The highest BCUT2D eigenvalue weighted by molar-refractivity contribution is 5.96. The molecule has 0 radical (unpaired) electrons. The molecule has 0 bridgehead atoms. The Morgan fingerprint density at radius 1 is 1.37 bits per heavy atom. The van der Waals surface area contributed by atoms with Crippen molar-refractivity contribution in [2.24, 2.45) is 5.73 Å². The topological polar surface area (TPSA) is 99.1 Å². The van der Waals surface area contributed by atoms with Crippen LogP contribution in [0.25, 0.3) is 10.9 Å². The van der Waals surface area contributed by atoms with Gasteiger partial charge in [-0.3, -0.25) is 14.9 Å². The lowest BCUT2D eigenvalue weighted by Crippen LogP contribution is -2.35. The Balaban J connectivity index is 2.83. The fraction of sp³-hybridized carbons (Fsp3) is 0.231. The van der Waals surface area contributed by atoms with Crippen LogP contribution in [-0.4, -0.2) is 15.8 Å². The summed E-state index contributed by atoms with van der Waals surface area (Å²) in [7, 11) is 0. The van der Waals surface area contributed by atoms with E-state index in [9.17, 15) is 14.9 Å². The van der Waals surface area contributed by atoms with Crippen LogP contribution in [0.2, 0.25) is 0 Å². The number of carbonyl (C=O) groups excluding carboxylic acids is 1. The van der Waals surface area contributed by atoms with E-state index in [1.54, 1.807) is 32.0 Å². The van der Waals surface area contributed by atoms with Gasteiger partial charge in [0.25, 0.3) is 5.69 Å². The Kier molecular flexibility index (Phi) is 2.94. The number of fused-ring (bicyclic) bond motifs is 1. The molecule has 1 aromatic heterocycles. The number of hydrogen-bond donors (Lipinski definition) is 1. The predicted molar refractivity (Wildman–Crippen MR) is 70.6 cm³/mol. The molecule has 0 aliphatic heterocycles. The van der Waals surface area contributed by atoms with Crippen molar-refractivity contribution in [2.45, 2.75) is 19.3 Å². The van der Waals surface area contributed by atoms with Gasteiger partial charge in [-0.2, -0.15) is 0 Å². The summed E-state index contributed by atoms with van der Waals surface area (Å²) < 4.78 is 0. The highest BCUT2D eigenvalue weighted by atomic mass is 16.6. The summed E-state index contributed by atoms with van der Waals surface area (Å²) >= 11 is 0. The first-order valence-corrected chi connectivity index (χ1v) is 5.68. The van der Waals surface area contributed by atoms with Gasteiger partial charge in [-0.15, -0.1) is 0 Å². The largest absolute Gasteiger partial charge is 0.369 e. The fourth-order valence-corrected chi connectivity index (χ4v) is 1.98. The molecule has 0 saturated carbocycles. The van der Waals surface area contributed by atoms with E-state index < -0.39 is 16.2 Å². The zero-order chi connectivity index (χ0) is 14.2. The van der Waals surface area contributed by atoms with E-state index in [-0.39, 0.29) is 11.2 Å². The van der Waals surface area contributed by atoms with Gasteiger partial charge in [0.15, 0.2) is 0 Å². The maximum absolute atomic E-state index is 11.6. The number of nitrogens with zero attached hydrogens (tertiary/aromatic N) is 2. The van der Waals surface area contributed by atoms with Crippen molar-refractivity contribution in [2.75, 3.05) is 0 Å². The number of primary amides is 1. The van der Waals surface area contributed by atoms with Gasteiger partial charge in [-0.05, 0) is 25.5 Å². The maximum atomic E-state index is 11.6. The molecular weight excluding hydrogens is 246 g/mol. The van der Waals surface area contributed by atoms with Gasteiger partial charge in [-0.25, -0.2) is 4.98 Å². The molecule has 0 spiro atoms. The van der Waals surface area contributed by atoms with Crippen molar-refractivity contribution in [1.82, 2.24) is 4.98 Å². The minimum absolute atomic E-state index is 0.0837.